The van der Waals surface area contributed by atoms with Gasteiger partial charge in [0.2, 0.25) is 0 Å². The summed E-state index contributed by atoms with van der Waals surface area (Å²) in [5, 5.41) is 16.6. The van der Waals surface area contributed by atoms with Crippen molar-refractivity contribution in [3.05, 3.63) is 86.9 Å². The van der Waals surface area contributed by atoms with Crippen LogP contribution < -0.4 is 10.2 Å². The summed E-state index contributed by atoms with van der Waals surface area (Å²) in [5.74, 6) is 0.638. The number of fused-ring (bicyclic) bond motifs is 4. The number of nitrogens with one attached hydrogen (secondary N) is 1. The number of rotatable bonds is 2. The van der Waals surface area contributed by atoms with Crippen molar-refractivity contribution in [2.45, 2.75) is 12.6 Å². The maximum atomic E-state index is 11.9. The highest BCUT2D eigenvalue weighted by Crippen LogP contribution is 2.44. The lowest BCUT2D eigenvalue weighted by molar-refractivity contribution is -0.385. The van der Waals surface area contributed by atoms with Gasteiger partial charge < -0.3 is 14.8 Å². The van der Waals surface area contributed by atoms with Crippen molar-refractivity contribution >= 4 is 39.7 Å². The first kappa shape index (κ1) is 19.3. The van der Waals surface area contributed by atoms with Crippen molar-refractivity contribution in [2.75, 3.05) is 17.3 Å². The van der Waals surface area contributed by atoms with E-state index in [1.165, 1.54) is 12.4 Å². The molecule has 3 heterocycles. The van der Waals surface area contributed by atoms with Gasteiger partial charge >= 0.3 is 0 Å². The molecule has 1 aliphatic heterocycles. The maximum Gasteiger partial charge on any atom is 0.275 e. The number of benzene rings is 2. The number of hydrogen-bond acceptors (Lipinski definition) is 6. The number of nitrogens with zero attached hydrogens (tertiary/aromatic N) is 5. The molecule has 8 nitrogen and oxygen atoms in total. The van der Waals surface area contributed by atoms with Crippen LogP contribution >= 0.6 is 11.6 Å². The number of nitro groups is 1. The van der Waals surface area contributed by atoms with Crippen LogP contribution in [0, 0.1) is 10.1 Å². The van der Waals surface area contributed by atoms with Crippen LogP contribution in [0.5, 0.6) is 0 Å². The van der Waals surface area contributed by atoms with Gasteiger partial charge in [-0.2, -0.15) is 0 Å². The van der Waals surface area contributed by atoms with E-state index in [9.17, 15) is 10.1 Å². The van der Waals surface area contributed by atoms with Gasteiger partial charge in [-0.1, -0.05) is 41.9 Å². The standard InChI is InChI=1S/C22H19ClN6O2/c1-27-11-17-18(13-7-3-5-9-15(13)28(17)2)19(14-8-4-6-10-16(14)29(30)31)26-20-21(23)24-12-25-22(20)27/h3-10,12,19,26H,11H2,1-2H3. The van der Waals surface area contributed by atoms with Crippen molar-refractivity contribution in [1.82, 2.24) is 14.5 Å². The minimum Gasteiger partial charge on any atom is -0.368 e. The van der Waals surface area contributed by atoms with Crippen LogP contribution in [0.1, 0.15) is 22.9 Å². The minimum atomic E-state index is -0.515. The Balaban J connectivity index is 1.86. The van der Waals surface area contributed by atoms with Gasteiger partial charge in [-0.25, -0.2) is 9.97 Å². The minimum absolute atomic E-state index is 0.0438. The predicted molar refractivity (Wildman–Crippen MR) is 121 cm³/mol. The Morgan fingerprint density at radius 2 is 1.87 bits per heavy atom. The number of aryl methyl sites for hydroxylation is 1. The van der Waals surface area contributed by atoms with Gasteiger partial charge in [-0.15, -0.1) is 0 Å². The second-order valence-electron chi connectivity index (χ2n) is 7.55. The third-order valence-electron chi connectivity index (χ3n) is 5.82. The number of halogens is 1. The molecule has 2 aromatic carbocycles. The van der Waals surface area contributed by atoms with E-state index in [1.54, 1.807) is 12.1 Å². The fourth-order valence-electron chi connectivity index (χ4n) is 4.41. The van der Waals surface area contributed by atoms with Gasteiger partial charge in [0.05, 0.1) is 23.1 Å². The van der Waals surface area contributed by atoms with Crippen molar-refractivity contribution in [1.29, 1.82) is 0 Å². The molecule has 0 spiro atoms. The molecule has 0 radical (unpaired) electrons. The molecule has 0 fully saturated rings. The highest BCUT2D eigenvalue weighted by molar-refractivity contribution is 6.32. The van der Waals surface area contributed by atoms with Crippen molar-refractivity contribution in [2.24, 2.45) is 7.05 Å². The zero-order valence-corrected chi connectivity index (χ0v) is 17.7. The zero-order valence-electron chi connectivity index (χ0n) is 16.9. The smallest absolute Gasteiger partial charge is 0.275 e. The van der Waals surface area contributed by atoms with Crippen LogP contribution in [0.15, 0.2) is 54.9 Å². The fraction of sp³-hybridized carbons (Fsp3) is 0.182. The molecule has 1 aliphatic rings. The Morgan fingerprint density at radius 3 is 2.68 bits per heavy atom. The first-order chi connectivity index (χ1) is 15.0. The molecule has 156 valence electrons. The van der Waals surface area contributed by atoms with Crippen LogP contribution in [-0.2, 0) is 13.6 Å². The van der Waals surface area contributed by atoms with Crippen molar-refractivity contribution in [3.63, 3.8) is 0 Å². The van der Waals surface area contributed by atoms with E-state index < -0.39 is 6.04 Å². The van der Waals surface area contributed by atoms with Gasteiger partial charge in [0, 0.05) is 42.3 Å². The van der Waals surface area contributed by atoms with E-state index in [0.29, 0.717) is 23.6 Å². The molecule has 5 rings (SSSR count). The monoisotopic (exact) mass is 434 g/mol. The molecule has 1 atom stereocenters. The van der Waals surface area contributed by atoms with Crippen LogP contribution in [0.2, 0.25) is 5.15 Å². The molecule has 0 saturated heterocycles. The van der Waals surface area contributed by atoms with Crippen LogP contribution in [0.4, 0.5) is 17.2 Å². The summed E-state index contributed by atoms with van der Waals surface area (Å²) in [5.41, 5.74) is 4.22. The molecular formula is C22H19ClN6O2. The van der Waals surface area contributed by atoms with Gasteiger partial charge in [-0.05, 0) is 12.1 Å². The second-order valence-corrected chi connectivity index (χ2v) is 7.91. The summed E-state index contributed by atoms with van der Waals surface area (Å²) in [6.07, 6.45) is 1.42. The molecule has 1 unspecified atom stereocenters. The highest BCUT2D eigenvalue weighted by atomic mass is 35.5. The molecule has 9 heteroatoms. The summed E-state index contributed by atoms with van der Waals surface area (Å²) in [6.45, 7) is 0.555. The SMILES string of the molecule is CN1Cc2c(c3ccccc3n2C)C(c2ccccc2[N+](=O)[O-])Nc2c(Cl)ncnc21. The molecule has 2 aromatic heterocycles. The Bertz CT molecular complexity index is 1340. The van der Waals surface area contributed by atoms with Crippen LogP contribution in [0.3, 0.4) is 0 Å². The third-order valence-corrected chi connectivity index (χ3v) is 6.11. The summed E-state index contributed by atoms with van der Waals surface area (Å²) in [7, 11) is 3.96. The Morgan fingerprint density at radius 1 is 1.13 bits per heavy atom. The first-order valence-electron chi connectivity index (χ1n) is 9.75. The molecule has 31 heavy (non-hydrogen) atoms. The normalized spacial score (nSPS) is 15.6. The van der Waals surface area contributed by atoms with Crippen molar-refractivity contribution < 1.29 is 4.92 Å². The summed E-state index contributed by atoms with van der Waals surface area (Å²) in [6, 6.07) is 14.3. The molecular weight excluding hydrogens is 416 g/mol. The molecule has 1 N–H and O–H groups in total. The van der Waals surface area contributed by atoms with E-state index in [0.717, 1.165) is 22.2 Å². The van der Waals surface area contributed by atoms with E-state index in [1.807, 2.05) is 43.3 Å². The van der Waals surface area contributed by atoms with E-state index in [-0.39, 0.29) is 15.8 Å². The zero-order chi connectivity index (χ0) is 21.7. The number of aromatic nitrogens is 3. The van der Waals surface area contributed by atoms with Gasteiger partial charge in [0.15, 0.2) is 11.0 Å². The average Bonchev–Trinajstić information content (AvgIpc) is 3.03. The Labute approximate surface area is 183 Å². The molecule has 0 bridgehead atoms. The van der Waals surface area contributed by atoms with E-state index >= 15 is 0 Å². The lowest BCUT2D eigenvalue weighted by atomic mass is 9.93. The Hall–Kier alpha value is -3.65. The molecule has 0 saturated carbocycles. The highest BCUT2D eigenvalue weighted by Gasteiger charge is 2.33. The first-order valence-corrected chi connectivity index (χ1v) is 10.1. The topological polar surface area (TPSA) is 89.1 Å². The summed E-state index contributed by atoms with van der Waals surface area (Å²) in [4.78, 5) is 22.1. The number of hydrogen-bond donors (Lipinski definition) is 1. The predicted octanol–water partition coefficient (Wildman–Crippen LogP) is 4.68. The second kappa shape index (κ2) is 7.24. The van der Waals surface area contributed by atoms with Crippen molar-refractivity contribution in [3.8, 4) is 0 Å². The maximum absolute atomic E-state index is 11.9. The summed E-state index contributed by atoms with van der Waals surface area (Å²) >= 11 is 6.46. The van der Waals surface area contributed by atoms with Gasteiger partial charge in [0.25, 0.3) is 5.69 Å². The quantitative estimate of drug-likeness (QED) is 0.280. The lowest BCUT2D eigenvalue weighted by Crippen LogP contribution is -2.27. The van der Waals surface area contributed by atoms with Gasteiger partial charge in [0.1, 0.15) is 12.0 Å². The Kier molecular flexibility index (Phi) is 4.51. The van der Waals surface area contributed by atoms with Crippen LogP contribution in [0.25, 0.3) is 10.9 Å². The number of anilines is 2. The lowest BCUT2D eigenvalue weighted by Gasteiger charge is -2.30. The van der Waals surface area contributed by atoms with Crippen LogP contribution in [-0.4, -0.2) is 26.5 Å². The molecule has 0 amide bonds. The fourth-order valence-corrected chi connectivity index (χ4v) is 4.59. The molecule has 0 aliphatic carbocycles. The number of para-hydroxylation sites is 2. The number of nitro benzene ring substituents is 1. The van der Waals surface area contributed by atoms with E-state index in [4.69, 9.17) is 11.6 Å². The largest absolute Gasteiger partial charge is 0.368 e. The third kappa shape index (κ3) is 2.98. The molecule has 4 aromatic rings. The van der Waals surface area contributed by atoms with E-state index in [2.05, 4.69) is 25.9 Å². The summed E-state index contributed by atoms with van der Waals surface area (Å²) < 4.78 is 2.14. The average molecular weight is 435 g/mol. The van der Waals surface area contributed by atoms with Gasteiger partial charge in [-0.3, -0.25) is 10.1 Å².